The zero-order chi connectivity index (χ0) is 13.2. The third-order valence-corrected chi connectivity index (χ3v) is 3.14. The molecule has 2 aromatic heterocycles. The standard InChI is InChI=1S/C15H15N3O/c1-11-13-7-3-4-8-14(13)18(17-11)10-12-6-5-9-15(16-12)19-2/h3-9H,10H2,1-2H3. The van der Waals surface area contributed by atoms with Crippen molar-refractivity contribution in [3.8, 4) is 5.88 Å². The van der Waals surface area contributed by atoms with Crippen LogP contribution in [0.1, 0.15) is 11.4 Å². The van der Waals surface area contributed by atoms with Gasteiger partial charge in [0, 0.05) is 11.5 Å². The van der Waals surface area contributed by atoms with Crippen LogP contribution in [0, 0.1) is 6.92 Å². The van der Waals surface area contributed by atoms with Gasteiger partial charge < -0.3 is 4.74 Å². The number of benzene rings is 1. The number of fused-ring (bicyclic) bond motifs is 1. The molecule has 0 saturated carbocycles. The van der Waals surface area contributed by atoms with Crippen molar-refractivity contribution in [1.29, 1.82) is 0 Å². The van der Waals surface area contributed by atoms with Crippen molar-refractivity contribution in [3.05, 3.63) is 53.9 Å². The van der Waals surface area contributed by atoms with E-state index in [1.807, 2.05) is 41.9 Å². The SMILES string of the molecule is COc1cccc(Cn2nc(C)c3ccccc32)n1. The van der Waals surface area contributed by atoms with E-state index in [1.165, 1.54) is 5.39 Å². The van der Waals surface area contributed by atoms with Crippen LogP contribution in [0.15, 0.2) is 42.5 Å². The molecule has 0 spiro atoms. The third kappa shape index (κ3) is 2.17. The molecule has 0 fully saturated rings. The van der Waals surface area contributed by atoms with E-state index >= 15 is 0 Å². The molecule has 3 rings (SSSR count). The highest BCUT2D eigenvalue weighted by atomic mass is 16.5. The van der Waals surface area contributed by atoms with Gasteiger partial charge in [-0.3, -0.25) is 4.68 Å². The number of hydrogen-bond donors (Lipinski definition) is 0. The van der Waals surface area contributed by atoms with E-state index in [0.29, 0.717) is 12.4 Å². The van der Waals surface area contributed by atoms with Crippen LogP contribution >= 0.6 is 0 Å². The molecule has 0 bridgehead atoms. The summed E-state index contributed by atoms with van der Waals surface area (Å²) in [5.41, 5.74) is 3.11. The molecular formula is C15H15N3O. The van der Waals surface area contributed by atoms with Gasteiger partial charge in [0.15, 0.2) is 0 Å². The van der Waals surface area contributed by atoms with E-state index in [9.17, 15) is 0 Å². The van der Waals surface area contributed by atoms with Gasteiger partial charge >= 0.3 is 0 Å². The maximum atomic E-state index is 5.14. The van der Waals surface area contributed by atoms with Gasteiger partial charge in [-0.25, -0.2) is 4.98 Å². The molecule has 0 aliphatic rings. The first kappa shape index (κ1) is 11.7. The summed E-state index contributed by atoms with van der Waals surface area (Å²) in [6, 6.07) is 14.0. The minimum Gasteiger partial charge on any atom is -0.481 e. The fourth-order valence-electron chi connectivity index (χ4n) is 2.23. The Morgan fingerprint density at radius 3 is 2.79 bits per heavy atom. The fraction of sp³-hybridized carbons (Fsp3) is 0.200. The molecule has 0 aliphatic carbocycles. The smallest absolute Gasteiger partial charge is 0.213 e. The van der Waals surface area contributed by atoms with Gasteiger partial charge in [0.05, 0.1) is 30.6 Å². The predicted molar refractivity (Wildman–Crippen MR) is 74.4 cm³/mol. The number of methoxy groups -OCH3 is 1. The first-order chi connectivity index (χ1) is 9.28. The van der Waals surface area contributed by atoms with Crippen LogP contribution in [0.4, 0.5) is 0 Å². The molecular weight excluding hydrogens is 238 g/mol. The van der Waals surface area contributed by atoms with E-state index in [-0.39, 0.29) is 0 Å². The molecule has 4 nitrogen and oxygen atoms in total. The highest BCUT2D eigenvalue weighted by Crippen LogP contribution is 2.18. The van der Waals surface area contributed by atoms with E-state index < -0.39 is 0 Å². The maximum absolute atomic E-state index is 5.14. The second kappa shape index (κ2) is 4.72. The Morgan fingerprint density at radius 2 is 1.95 bits per heavy atom. The second-order valence-electron chi connectivity index (χ2n) is 4.43. The van der Waals surface area contributed by atoms with Crippen LogP contribution in [0.5, 0.6) is 5.88 Å². The number of ether oxygens (including phenoxy) is 1. The number of aromatic nitrogens is 3. The predicted octanol–water partition coefficient (Wildman–Crippen LogP) is 2.80. The van der Waals surface area contributed by atoms with Crippen LogP contribution in [-0.2, 0) is 6.54 Å². The van der Waals surface area contributed by atoms with E-state index in [2.05, 4.69) is 22.2 Å². The average molecular weight is 253 g/mol. The summed E-state index contributed by atoms with van der Waals surface area (Å²) in [4.78, 5) is 4.42. The molecule has 0 saturated heterocycles. The Kier molecular flexibility index (Phi) is 2.91. The lowest BCUT2D eigenvalue weighted by atomic mass is 10.2. The summed E-state index contributed by atoms with van der Waals surface area (Å²) in [5.74, 6) is 0.630. The Hall–Kier alpha value is -2.36. The summed E-state index contributed by atoms with van der Waals surface area (Å²) < 4.78 is 7.12. The van der Waals surface area contributed by atoms with Crippen molar-refractivity contribution < 1.29 is 4.74 Å². The molecule has 0 radical (unpaired) electrons. The minimum absolute atomic E-state index is 0.630. The topological polar surface area (TPSA) is 39.9 Å². The summed E-state index contributed by atoms with van der Waals surface area (Å²) >= 11 is 0. The first-order valence-electron chi connectivity index (χ1n) is 6.20. The Labute approximate surface area is 111 Å². The molecule has 1 aromatic carbocycles. The van der Waals surface area contributed by atoms with Crippen LogP contribution < -0.4 is 4.74 Å². The maximum Gasteiger partial charge on any atom is 0.213 e. The molecule has 96 valence electrons. The van der Waals surface area contributed by atoms with E-state index in [1.54, 1.807) is 7.11 Å². The van der Waals surface area contributed by atoms with Crippen molar-refractivity contribution in [1.82, 2.24) is 14.8 Å². The van der Waals surface area contributed by atoms with Crippen molar-refractivity contribution in [3.63, 3.8) is 0 Å². The molecule has 19 heavy (non-hydrogen) atoms. The van der Waals surface area contributed by atoms with Gasteiger partial charge in [0.2, 0.25) is 5.88 Å². The summed E-state index contributed by atoms with van der Waals surface area (Å²) in [6.45, 7) is 2.67. The Morgan fingerprint density at radius 1 is 1.11 bits per heavy atom. The highest BCUT2D eigenvalue weighted by molar-refractivity contribution is 5.81. The fourth-order valence-corrected chi connectivity index (χ4v) is 2.23. The van der Waals surface area contributed by atoms with Crippen molar-refractivity contribution in [2.45, 2.75) is 13.5 Å². The largest absolute Gasteiger partial charge is 0.481 e. The molecule has 2 heterocycles. The van der Waals surface area contributed by atoms with Gasteiger partial charge in [-0.1, -0.05) is 24.3 Å². The zero-order valence-corrected chi connectivity index (χ0v) is 11.0. The van der Waals surface area contributed by atoms with Crippen molar-refractivity contribution >= 4 is 10.9 Å². The number of nitrogens with zero attached hydrogens (tertiary/aromatic N) is 3. The van der Waals surface area contributed by atoms with Crippen LogP contribution in [0.3, 0.4) is 0 Å². The quantitative estimate of drug-likeness (QED) is 0.720. The van der Waals surface area contributed by atoms with Crippen LogP contribution in [0.25, 0.3) is 10.9 Å². The monoisotopic (exact) mass is 253 g/mol. The van der Waals surface area contributed by atoms with Gasteiger partial charge in [0.25, 0.3) is 0 Å². The first-order valence-corrected chi connectivity index (χ1v) is 6.20. The van der Waals surface area contributed by atoms with Gasteiger partial charge in [0.1, 0.15) is 0 Å². The van der Waals surface area contributed by atoms with Crippen molar-refractivity contribution in [2.75, 3.05) is 7.11 Å². The highest BCUT2D eigenvalue weighted by Gasteiger charge is 2.07. The molecule has 0 atom stereocenters. The van der Waals surface area contributed by atoms with Crippen LogP contribution in [0.2, 0.25) is 0 Å². The number of pyridine rings is 1. The molecule has 0 amide bonds. The number of aryl methyl sites for hydroxylation is 1. The summed E-state index contributed by atoms with van der Waals surface area (Å²) in [6.07, 6.45) is 0. The minimum atomic E-state index is 0.630. The zero-order valence-electron chi connectivity index (χ0n) is 11.0. The average Bonchev–Trinajstić information content (AvgIpc) is 2.76. The summed E-state index contributed by atoms with van der Waals surface area (Å²) in [7, 11) is 1.62. The lowest BCUT2D eigenvalue weighted by Crippen LogP contribution is -2.04. The number of para-hydroxylation sites is 1. The van der Waals surface area contributed by atoms with Gasteiger partial charge in [-0.15, -0.1) is 0 Å². The number of hydrogen-bond acceptors (Lipinski definition) is 3. The molecule has 3 aromatic rings. The van der Waals surface area contributed by atoms with Crippen molar-refractivity contribution in [2.24, 2.45) is 0 Å². The normalized spacial score (nSPS) is 10.8. The Balaban J connectivity index is 2.01. The second-order valence-corrected chi connectivity index (χ2v) is 4.43. The molecule has 4 heteroatoms. The third-order valence-electron chi connectivity index (χ3n) is 3.14. The van der Waals surface area contributed by atoms with Gasteiger partial charge in [-0.2, -0.15) is 5.10 Å². The molecule has 0 N–H and O–H groups in total. The lowest BCUT2D eigenvalue weighted by Gasteiger charge is -2.05. The van der Waals surface area contributed by atoms with E-state index in [4.69, 9.17) is 4.74 Å². The number of rotatable bonds is 3. The molecule has 0 aliphatic heterocycles. The molecule has 0 unspecified atom stereocenters. The Bertz CT molecular complexity index is 718. The van der Waals surface area contributed by atoms with Crippen LogP contribution in [-0.4, -0.2) is 21.9 Å². The lowest BCUT2D eigenvalue weighted by molar-refractivity contribution is 0.395. The summed E-state index contributed by atoms with van der Waals surface area (Å²) in [5, 5.41) is 5.76. The van der Waals surface area contributed by atoms with E-state index in [0.717, 1.165) is 16.9 Å². The van der Waals surface area contributed by atoms with Gasteiger partial charge in [-0.05, 0) is 19.1 Å².